The Morgan fingerprint density at radius 2 is 1.87 bits per heavy atom. The molecule has 2 heterocycles. The summed E-state index contributed by atoms with van der Waals surface area (Å²) in [6.45, 7) is 5.42. The van der Waals surface area contributed by atoms with Gasteiger partial charge >= 0.3 is 0 Å². The fourth-order valence-electron chi connectivity index (χ4n) is 4.54. The molecular weight excluding hydrogens is 422 g/mol. The van der Waals surface area contributed by atoms with Gasteiger partial charge in [0.15, 0.2) is 9.84 Å². The van der Waals surface area contributed by atoms with E-state index in [1.165, 1.54) is 0 Å². The maximum atomic E-state index is 14.2. The van der Waals surface area contributed by atoms with Gasteiger partial charge in [-0.1, -0.05) is 19.9 Å². The fraction of sp³-hybridized carbons (Fsp3) is 0.478. The molecule has 31 heavy (non-hydrogen) atoms. The number of nitrogens with zero attached hydrogens (tertiary/aromatic N) is 1. The van der Waals surface area contributed by atoms with Crippen LogP contribution >= 0.6 is 0 Å². The van der Waals surface area contributed by atoms with Crippen molar-refractivity contribution in [3.8, 4) is 0 Å². The van der Waals surface area contributed by atoms with Crippen LogP contribution in [0.1, 0.15) is 43.1 Å². The van der Waals surface area contributed by atoms with Crippen molar-refractivity contribution in [1.82, 2.24) is 4.90 Å². The fourth-order valence-corrected chi connectivity index (χ4v) is 6.20. The summed E-state index contributed by atoms with van der Waals surface area (Å²) in [5.41, 5.74) is 8.54. The highest BCUT2D eigenvalue weighted by atomic mass is 32.2. The Kier molecular flexibility index (Phi) is 6.18. The molecule has 2 aromatic carbocycles. The zero-order chi connectivity index (χ0) is 22.3. The monoisotopic (exact) mass is 450 g/mol. The number of hydrogen-bond acceptors (Lipinski definition) is 5. The van der Waals surface area contributed by atoms with Crippen molar-refractivity contribution in [1.29, 1.82) is 0 Å². The molecule has 0 aromatic heterocycles. The normalized spacial score (nSPS) is 24.5. The SMILES string of the molecule is CC(C)CS(=O)(=O)c1ccc2c(c1)CN([C@H]1CO[C@H](c3cc(F)ccc3F)[C@@H](N)C1)C2. The molecule has 4 rings (SSSR count). The summed E-state index contributed by atoms with van der Waals surface area (Å²) in [6, 6.07) is 8.21. The first-order chi connectivity index (χ1) is 14.6. The molecule has 0 spiro atoms. The van der Waals surface area contributed by atoms with Crippen LogP contribution in [-0.2, 0) is 27.7 Å². The summed E-state index contributed by atoms with van der Waals surface area (Å²) in [7, 11) is -3.31. The van der Waals surface area contributed by atoms with Crippen molar-refractivity contribution in [3.05, 3.63) is 64.7 Å². The first-order valence-corrected chi connectivity index (χ1v) is 12.2. The Balaban J connectivity index is 1.45. The van der Waals surface area contributed by atoms with E-state index in [1.54, 1.807) is 12.1 Å². The summed E-state index contributed by atoms with van der Waals surface area (Å²) < 4.78 is 58.8. The van der Waals surface area contributed by atoms with Gasteiger partial charge in [-0.3, -0.25) is 4.90 Å². The zero-order valence-electron chi connectivity index (χ0n) is 17.7. The van der Waals surface area contributed by atoms with Crippen molar-refractivity contribution in [3.63, 3.8) is 0 Å². The molecule has 2 aliphatic heterocycles. The third kappa shape index (κ3) is 4.67. The van der Waals surface area contributed by atoms with Crippen LogP contribution in [0.15, 0.2) is 41.3 Å². The lowest BCUT2D eigenvalue weighted by Gasteiger charge is -2.38. The van der Waals surface area contributed by atoms with Crippen molar-refractivity contribution in [2.24, 2.45) is 11.7 Å². The van der Waals surface area contributed by atoms with Gasteiger partial charge in [-0.05, 0) is 53.8 Å². The van der Waals surface area contributed by atoms with Gasteiger partial charge in [-0.15, -0.1) is 0 Å². The van der Waals surface area contributed by atoms with Gasteiger partial charge < -0.3 is 10.5 Å². The number of halogens is 2. The lowest BCUT2D eigenvalue weighted by Crippen LogP contribution is -2.47. The second kappa shape index (κ2) is 8.58. The van der Waals surface area contributed by atoms with Crippen LogP contribution in [0.2, 0.25) is 0 Å². The van der Waals surface area contributed by atoms with Crippen molar-refractivity contribution >= 4 is 9.84 Å². The smallest absolute Gasteiger partial charge is 0.178 e. The highest BCUT2D eigenvalue weighted by Crippen LogP contribution is 2.35. The van der Waals surface area contributed by atoms with Crippen molar-refractivity contribution in [2.45, 2.75) is 56.4 Å². The Morgan fingerprint density at radius 3 is 2.58 bits per heavy atom. The Hall–Kier alpha value is -1.87. The van der Waals surface area contributed by atoms with E-state index in [4.69, 9.17) is 10.5 Å². The van der Waals surface area contributed by atoms with Gasteiger partial charge in [0, 0.05) is 30.7 Å². The number of nitrogens with two attached hydrogens (primary N) is 1. The van der Waals surface area contributed by atoms with Gasteiger partial charge in [0.2, 0.25) is 0 Å². The Labute approximate surface area is 182 Å². The van der Waals surface area contributed by atoms with E-state index in [9.17, 15) is 17.2 Å². The van der Waals surface area contributed by atoms with Crippen molar-refractivity contribution in [2.75, 3.05) is 12.4 Å². The maximum absolute atomic E-state index is 14.2. The maximum Gasteiger partial charge on any atom is 0.178 e. The van der Waals surface area contributed by atoms with E-state index in [1.807, 2.05) is 19.9 Å². The Bertz CT molecular complexity index is 1070. The van der Waals surface area contributed by atoms with Crippen LogP contribution in [0.4, 0.5) is 8.78 Å². The van der Waals surface area contributed by atoms with Crippen molar-refractivity contribution < 1.29 is 21.9 Å². The van der Waals surface area contributed by atoms with Gasteiger partial charge in [0.05, 0.1) is 17.3 Å². The largest absolute Gasteiger partial charge is 0.370 e. The predicted molar refractivity (Wildman–Crippen MR) is 114 cm³/mol. The number of hydrogen-bond donors (Lipinski definition) is 1. The molecule has 1 fully saturated rings. The zero-order valence-corrected chi connectivity index (χ0v) is 18.5. The van der Waals surface area contributed by atoms with Crippen LogP contribution in [0.5, 0.6) is 0 Å². The minimum Gasteiger partial charge on any atom is -0.370 e. The molecule has 0 amide bonds. The van der Waals surface area contributed by atoms with E-state index >= 15 is 0 Å². The molecule has 8 heteroatoms. The van der Waals surface area contributed by atoms with Crippen LogP contribution in [0.3, 0.4) is 0 Å². The minimum absolute atomic E-state index is 0.0194. The molecule has 2 N–H and O–H groups in total. The standard InChI is InChI=1S/C23H28F2N2O3S/c1-14(2)13-31(28,29)19-5-3-15-10-27(11-16(15)7-19)18-9-22(26)23(30-12-18)20-8-17(24)4-6-21(20)25/h3-8,14,18,22-23H,9-13,26H2,1-2H3/t18-,22+,23-/m1/s1. The number of fused-ring (bicyclic) bond motifs is 1. The molecule has 1 saturated heterocycles. The molecule has 5 nitrogen and oxygen atoms in total. The first-order valence-electron chi connectivity index (χ1n) is 10.5. The summed E-state index contributed by atoms with van der Waals surface area (Å²) in [6.07, 6.45) is -0.114. The first kappa shape index (κ1) is 22.3. The third-order valence-electron chi connectivity index (χ3n) is 6.02. The van der Waals surface area contributed by atoms with E-state index in [2.05, 4.69) is 4.90 Å². The lowest BCUT2D eigenvalue weighted by molar-refractivity contribution is -0.0531. The van der Waals surface area contributed by atoms with E-state index in [-0.39, 0.29) is 23.3 Å². The van der Waals surface area contributed by atoms with Crippen LogP contribution in [0.25, 0.3) is 0 Å². The number of rotatable bonds is 5. The third-order valence-corrected chi connectivity index (χ3v) is 8.10. The molecule has 0 aliphatic carbocycles. The number of sulfone groups is 1. The molecule has 2 aliphatic rings. The molecule has 3 atom stereocenters. The minimum atomic E-state index is -3.31. The number of ether oxygens (including phenoxy) is 1. The summed E-state index contributed by atoms with van der Waals surface area (Å²) >= 11 is 0. The molecular formula is C23H28F2N2O3S. The van der Waals surface area contributed by atoms with E-state index < -0.39 is 33.6 Å². The van der Waals surface area contributed by atoms with Gasteiger partial charge in [0.1, 0.15) is 17.7 Å². The highest BCUT2D eigenvalue weighted by Gasteiger charge is 2.36. The molecule has 0 radical (unpaired) electrons. The summed E-state index contributed by atoms with van der Waals surface area (Å²) in [4.78, 5) is 2.57. The second-order valence-electron chi connectivity index (χ2n) is 8.98. The predicted octanol–water partition coefficient (Wildman–Crippen LogP) is 3.57. The quantitative estimate of drug-likeness (QED) is 0.754. The molecule has 0 saturated carbocycles. The topological polar surface area (TPSA) is 72.6 Å². The average molecular weight is 451 g/mol. The summed E-state index contributed by atoms with van der Waals surface area (Å²) in [5, 5.41) is 0. The lowest BCUT2D eigenvalue weighted by atomic mass is 9.93. The molecule has 2 aromatic rings. The number of benzene rings is 2. The molecule has 168 valence electrons. The Morgan fingerprint density at radius 1 is 1.13 bits per heavy atom. The average Bonchev–Trinajstić information content (AvgIpc) is 3.12. The van der Waals surface area contributed by atoms with Crippen LogP contribution in [-0.4, -0.2) is 37.8 Å². The van der Waals surface area contributed by atoms with E-state index in [0.29, 0.717) is 31.0 Å². The van der Waals surface area contributed by atoms with E-state index in [0.717, 1.165) is 29.3 Å². The van der Waals surface area contributed by atoms with Gasteiger partial charge in [-0.2, -0.15) is 0 Å². The highest BCUT2D eigenvalue weighted by molar-refractivity contribution is 7.91. The van der Waals surface area contributed by atoms with Crippen LogP contribution in [0, 0.1) is 17.6 Å². The second-order valence-corrected chi connectivity index (χ2v) is 11.0. The van der Waals surface area contributed by atoms with Crippen LogP contribution < -0.4 is 5.73 Å². The summed E-state index contributed by atoms with van der Waals surface area (Å²) in [5.74, 6) is -0.859. The van der Waals surface area contributed by atoms with Gasteiger partial charge in [0.25, 0.3) is 0 Å². The molecule has 0 unspecified atom stereocenters. The van der Waals surface area contributed by atoms with Gasteiger partial charge in [-0.25, -0.2) is 17.2 Å². The molecule has 0 bridgehead atoms.